The minimum atomic E-state index is -0.489. The fourth-order valence-electron chi connectivity index (χ4n) is 7.42. The number of aromatic nitrogens is 6. The van der Waals surface area contributed by atoms with Crippen LogP contribution in [0.4, 0.5) is 0 Å². The first kappa shape index (κ1) is 57.3. The van der Waals surface area contributed by atoms with Gasteiger partial charge in [0.25, 0.3) is 17.6 Å². The second-order valence-corrected chi connectivity index (χ2v) is 17.1. The molecular weight excluding hydrogens is 997 g/mol. The van der Waals surface area contributed by atoms with Gasteiger partial charge in [0.1, 0.15) is 11.5 Å². The second kappa shape index (κ2) is 26.3. The molecule has 0 aliphatic rings. The number of rotatable bonds is 16. The van der Waals surface area contributed by atoms with Crippen molar-refractivity contribution in [1.29, 1.82) is 0 Å². The summed E-state index contributed by atoms with van der Waals surface area (Å²) in [5.74, 6) is 1.39. The number of carbonyl (C=O) groups is 1. The number of ether oxygens (including phenoxy) is 3. The molecule has 0 saturated heterocycles. The third-order valence-corrected chi connectivity index (χ3v) is 11.8. The summed E-state index contributed by atoms with van der Waals surface area (Å²) in [7, 11) is 3.17. The molecule has 0 radical (unpaired) electrons. The number of halogens is 4. The van der Waals surface area contributed by atoms with Gasteiger partial charge in [0.2, 0.25) is 11.8 Å². The van der Waals surface area contributed by atoms with E-state index in [0.717, 1.165) is 20.3 Å². The summed E-state index contributed by atoms with van der Waals surface area (Å²) < 4.78 is 21.8. The Morgan fingerprint density at radius 1 is 0.606 bits per heavy atom. The molecule has 0 aliphatic heterocycles. The predicted molar refractivity (Wildman–Crippen MR) is 268 cm³/mol. The van der Waals surface area contributed by atoms with Crippen LogP contribution in [0.5, 0.6) is 23.3 Å². The van der Waals surface area contributed by atoms with Crippen LogP contribution in [0.2, 0.25) is 20.1 Å². The van der Waals surface area contributed by atoms with Gasteiger partial charge in [0, 0.05) is 77.9 Å². The van der Waals surface area contributed by atoms with Gasteiger partial charge in [-0.3, -0.25) is 32.7 Å². The summed E-state index contributed by atoms with van der Waals surface area (Å²) in [6.07, 6.45) is 4.12. The van der Waals surface area contributed by atoms with E-state index >= 15 is 0 Å². The Labute approximate surface area is 437 Å². The molecule has 4 aromatic heterocycles. The SMILES string of the molecule is Cn1c(=O)n(CCCO)c(=O)c2c(Cc3ccc(Cl)cc3)c(Oc3cccc(Cl)c3)ncc21.Cn1c(=O)n(CCCOC=O)c(=O)c2c(Cc3ccc(Cl)cc3)c(Oc3cccc(Cl)c3)ncc21.O.[Li+].[OH-]. The van der Waals surface area contributed by atoms with Crippen molar-refractivity contribution in [3.05, 3.63) is 193 Å². The van der Waals surface area contributed by atoms with Gasteiger partial charge in [-0.25, -0.2) is 19.6 Å². The van der Waals surface area contributed by atoms with E-state index in [1.54, 1.807) is 86.9 Å². The van der Waals surface area contributed by atoms with Crippen molar-refractivity contribution in [2.75, 3.05) is 13.2 Å². The van der Waals surface area contributed by atoms with Crippen LogP contribution in [0, 0.1) is 0 Å². The van der Waals surface area contributed by atoms with E-state index < -0.39 is 22.5 Å². The molecule has 0 amide bonds. The average Bonchev–Trinajstić information content (AvgIpc) is 3.32. The minimum Gasteiger partial charge on any atom is -0.870 e. The number of aryl methyl sites for hydroxylation is 2. The summed E-state index contributed by atoms with van der Waals surface area (Å²) in [4.78, 5) is 72.1. The molecule has 0 aliphatic carbocycles. The van der Waals surface area contributed by atoms with Crippen molar-refractivity contribution in [2.24, 2.45) is 14.1 Å². The first-order valence-electron chi connectivity index (χ1n) is 21.0. The molecule has 71 heavy (non-hydrogen) atoms. The number of hydrogen-bond donors (Lipinski definition) is 1. The van der Waals surface area contributed by atoms with Crippen LogP contribution in [0.15, 0.2) is 129 Å². The Morgan fingerprint density at radius 2 is 1.01 bits per heavy atom. The number of nitrogens with zero attached hydrogens (tertiary/aromatic N) is 6. The molecule has 0 saturated carbocycles. The predicted octanol–water partition coefficient (Wildman–Crippen LogP) is 4.52. The first-order chi connectivity index (χ1) is 32.8. The largest absolute Gasteiger partial charge is 1.00 e. The van der Waals surface area contributed by atoms with Crippen molar-refractivity contribution < 1.29 is 53.9 Å². The maximum atomic E-state index is 13.6. The molecule has 4 N–H and O–H groups in total. The van der Waals surface area contributed by atoms with Crippen molar-refractivity contribution in [3.63, 3.8) is 0 Å². The van der Waals surface area contributed by atoms with Crippen molar-refractivity contribution >= 4 is 74.7 Å². The summed E-state index contributed by atoms with van der Waals surface area (Å²) in [6, 6.07) is 28.2. The molecule has 4 aromatic carbocycles. The fraction of sp³-hybridized carbons (Fsp3) is 0.204. The summed E-state index contributed by atoms with van der Waals surface area (Å²) in [5.41, 5.74) is 1.70. The first-order valence-corrected chi connectivity index (χ1v) is 22.5. The number of benzene rings is 4. The monoisotopic (exact) mass is 1040 g/mol. The van der Waals surface area contributed by atoms with Gasteiger partial charge in [0.15, 0.2) is 0 Å². The van der Waals surface area contributed by atoms with E-state index in [-0.39, 0.29) is 74.3 Å². The zero-order valence-electron chi connectivity index (χ0n) is 38.5. The number of hydrogen-bond acceptors (Lipinski definition) is 12. The summed E-state index contributed by atoms with van der Waals surface area (Å²) >= 11 is 24.3. The Balaban J connectivity index is 0.000000296. The van der Waals surface area contributed by atoms with E-state index in [0.29, 0.717) is 90.3 Å². The van der Waals surface area contributed by atoms with Crippen LogP contribution in [-0.2, 0) is 49.6 Å². The Kier molecular flexibility index (Phi) is 21.2. The summed E-state index contributed by atoms with van der Waals surface area (Å²) in [5, 5.41) is 12.0. The third-order valence-electron chi connectivity index (χ3n) is 10.8. The van der Waals surface area contributed by atoms with Gasteiger partial charge >= 0.3 is 30.2 Å². The van der Waals surface area contributed by atoms with E-state index in [2.05, 4.69) is 9.97 Å². The molecule has 366 valence electrons. The van der Waals surface area contributed by atoms with E-state index in [1.807, 2.05) is 24.3 Å². The third kappa shape index (κ3) is 13.6. The maximum absolute atomic E-state index is 13.6. The van der Waals surface area contributed by atoms with Gasteiger partial charge in [0.05, 0.1) is 40.8 Å². The van der Waals surface area contributed by atoms with Crippen LogP contribution in [0.3, 0.4) is 0 Å². The fourth-order valence-corrected chi connectivity index (χ4v) is 8.04. The molecule has 0 fully saturated rings. The number of aliphatic hydroxyl groups excluding tert-OH is 1. The molecule has 8 rings (SSSR count). The smallest absolute Gasteiger partial charge is 0.870 e. The second-order valence-electron chi connectivity index (χ2n) is 15.3. The van der Waals surface area contributed by atoms with Crippen LogP contribution in [0.1, 0.15) is 35.1 Å². The number of pyridine rings is 2. The van der Waals surface area contributed by atoms with Crippen LogP contribution >= 0.6 is 46.4 Å². The molecule has 0 bridgehead atoms. The van der Waals surface area contributed by atoms with Crippen LogP contribution in [-0.4, -0.2) is 64.0 Å². The number of aliphatic hydroxyl groups is 1. The molecular formula is C49H45Cl4LiN6O11. The molecule has 17 nitrogen and oxygen atoms in total. The number of carbonyl (C=O) groups excluding carboxylic acids is 1. The van der Waals surface area contributed by atoms with E-state index in [1.165, 1.54) is 21.5 Å². The molecule has 8 aromatic rings. The van der Waals surface area contributed by atoms with Gasteiger partial charge in [-0.2, -0.15) is 0 Å². The van der Waals surface area contributed by atoms with E-state index in [4.69, 9.17) is 60.6 Å². The van der Waals surface area contributed by atoms with Crippen molar-refractivity contribution in [1.82, 2.24) is 28.2 Å². The van der Waals surface area contributed by atoms with Crippen LogP contribution in [0.25, 0.3) is 21.8 Å². The van der Waals surface area contributed by atoms with Crippen molar-refractivity contribution in [3.8, 4) is 23.3 Å². The maximum Gasteiger partial charge on any atom is 1.00 e. The Bertz CT molecular complexity index is 3390. The Hall–Kier alpha value is -6.23. The quantitative estimate of drug-likeness (QED) is 0.0799. The summed E-state index contributed by atoms with van der Waals surface area (Å²) in [6.45, 7) is 0.475. The standard InChI is InChI=1S/C25H21Cl2N3O5.C24H21Cl2N3O4.Li.2H2O/c1-29-21-14-28-23(35-19-5-2-4-18(27)13-19)20(12-16-6-8-17(26)9-7-16)22(21)24(32)30(25(29)33)10-3-11-34-15-31;1-28-20-14-27-22(33-18-5-2-4-17(26)13-18)19(12-15-6-8-16(25)9-7-15)21(20)23(31)29(24(28)32)10-3-11-30;;;/h2,4-9,13-15H,3,10-12H2,1H3;2,4-9,13-14,30H,3,10-12H2,1H3;;2*1H2/q;;+1;;/p-1. The van der Waals surface area contributed by atoms with E-state index in [9.17, 15) is 29.1 Å². The number of fused-ring (bicyclic) bond motifs is 2. The molecule has 22 heteroatoms. The normalized spacial score (nSPS) is 10.6. The van der Waals surface area contributed by atoms with Gasteiger partial charge in [-0.1, -0.05) is 82.8 Å². The van der Waals surface area contributed by atoms with Gasteiger partial charge < -0.3 is 30.3 Å². The van der Waals surface area contributed by atoms with Gasteiger partial charge in [-0.05, 0) is 84.6 Å². The van der Waals surface area contributed by atoms with Crippen molar-refractivity contribution in [2.45, 2.75) is 38.8 Å². The molecule has 4 heterocycles. The minimum absolute atomic E-state index is 0. The zero-order valence-corrected chi connectivity index (χ0v) is 41.5. The molecule has 0 unspecified atom stereocenters. The van der Waals surface area contributed by atoms with Crippen LogP contribution < -0.4 is 50.8 Å². The molecule has 0 spiro atoms. The molecule has 0 atom stereocenters. The topological polar surface area (TPSA) is 240 Å². The van der Waals surface area contributed by atoms with Gasteiger partial charge in [-0.15, -0.1) is 0 Å². The average molecular weight is 1040 g/mol. The Morgan fingerprint density at radius 3 is 1.39 bits per heavy atom. The zero-order chi connectivity index (χ0) is 48.5.